The van der Waals surface area contributed by atoms with Crippen LogP contribution in [0.15, 0.2) is 65.8 Å². The van der Waals surface area contributed by atoms with Crippen LogP contribution in [0, 0.1) is 0 Å². The van der Waals surface area contributed by atoms with Crippen LogP contribution in [-0.2, 0) is 11.3 Å². The van der Waals surface area contributed by atoms with E-state index in [2.05, 4.69) is 9.97 Å². The highest BCUT2D eigenvalue weighted by atomic mass is 16.5. The average molecular weight is 491 g/mol. The number of methoxy groups -OCH3 is 2. The molecule has 1 saturated heterocycles. The summed E-state index contributed by atoms with van der Waals surface area (Å²) in [5.74, 6) is 2.44. The van der Waals surface area contributed by atoms with Gasteiger partial charge in [0.25, 0.3) is 11.4 Å². The molecule has 0 aliphatic carbocycles. The fourth-order valence-electron chi connectivity index (χ4n) is 3.86. The second kappa shape index (κ2) is 10.5. The molecular weight excluding hydrogens is 464 g/mol. The van der Waals surface area contributed by atoms with Crippen LogP contribution in [0.1, 0.15) is 5.56 Å². The van der Waals surface area contributed by atoms with Gasteiger partial charge in [0.05, 0.1) is 46.0 Å². The number of aromatic nitrogens is 3. The zero-order valence-electron chi connectivity index (χ0n) is 20.0. The van der Waals surface area contributed by atoms with E-state index < -0.39 is 0 Å². The minimum absolute atomic E-state index is 0.162. The Kier molecular flexibility index (Phi) is 6.85. The molecule has 5 rings (SSSR count). The Morgan fingerprint density at radius 3 is 2.44 bits per heavy atom. The maximum absolute atomic E-state index is 13.1. The number of ether oxygens (including phenoxy) is 5. The van der Waals surface area contributed by atoms with Crippen LogP contribution in [0.2, 0.25) is 0 Å². The Morgan fingerprint density at radius 2 is 1.69 bits per heavy atom. The van der Waals surface area contributed by atoms with Crippen molar-refractivity contribution in [1.29, 1.82) is 0 Å². The quantitative estimate of drug-likeness (QED) is 0.368. The third-order valence-electron chi connectivity index (χ3n) is 5.79. The zero-order valence-corrected chi connectivity index (χ0v) is 20.0. The molecule has 10 nitrogen and oxygen atoms in total. The van der Waals surface area contributed by atoms with Crippen molar-refractivity contribution in [1.82, 2.24) is 14.4 Å². The monoisotopic (exact) mass is 490 g/mol. The van der Waals surface area contributed by atoms with E-state index in [0.29, 0.717) is 67.4 Å². The van der Waals surface area contributed by atoms with Crippen molar-refractivity contribution in [3.05, 3.63) is 77.0 Å². The van der Waals surface area contributed by atoms with Crippen LogP contribution < -0.4 is 29.4 Å². The summed E-state index contributed by atoms with van der Waals surface area (Å²) in [7, 11) is 3.16. The maximum atomic E-state index is 13.1. The molecule has 1 fully saturated rings. The zero-order chi connectivity index (χ0) is 24.9. The first-order valence-corrected chi connectivity index (χ1v) is 11.5. The molecule has 0 spiro atoms. The normalized spacial score (nSPS) is 13.4. The van der Waals surface area contributed by atoms with Crippen molar-refractivity contribution < 1.29 is 23.7 Å². The summed E-state index contributed by atoms with van der Waals surface area (Å²) in [5, 5.41) is 0. The molecule has 186 valence electrons. The predicted octanol–water partition coefficient (Wildman–Crippen LogP) is 3.31. The lowest BCUT2D eigenvalue weighted by Crippen LogP contribution is -2.39. The Labute approximate surface area is 207 Å². The molecule has 0 saturated carbocycles. The van der Waals surface area contributed by atoms with Crippen molar-refractivity contribution in [3.63, 3.8) is 0 Å². The summed E-state index contributed by atoms with van der Waals surface area (Å²) in [6.45, 7) is 2.79. The second-order valence-electron chi connectivity index (χ2n) is 8.06. The molecule has 1 aliphatic heterocycles. The molecule has 4 heterocycles. The SMILES string of the molecule is COc1ccc(COc2ncc(Oc3ccc4ncc(N5CCOCC5)c(=O)n4c3)cc2OC)cc1. The molecule has 4 aromatic rings. The minimum Gasteiger partial charge on any atom is -0.497 e. The highest BCUT2D eigenvalue weighted by Crippen LogP contribution is 2.31. The third-order valence-corrected chi connectivity index (χ3v) is 5.79. The van der Waals surface area contributed by atoms with E-state index in [1.807, 2.05) is 29.2 Å². The Balaban J connectivity index is 1.33. The molecule has 0 radical (unpaired) electrons. The fraction of sp³-hybridized carbons (Fsp3) is 0.269. The van der Waals surface area contributed by atoms with Crippen LogP contribution in [0.5, 0.6) is 28.9 Å². The lowest BCUT2D eigenvalue weighted by molar-refractivity contribution is 0.122. The number of hydrogen-bond donors (Lipinski definition) is 0. The first-order chi connectivity index (χ1) is 17.6. The van der Waals surface area contributed by atoms with Gasteiger partial charge in [-0.1, -0.05) is 12.1 Å². The third kappa shape index (κ3) is 5.03. The van der Waals surface area contributed by atoms with E-state index in [9.17, 15) is 4.79 Å². The largest absolute Gasteiger partial charge is 0.497 e. The molecular formula is C26H26N4O6. The predicted molar refractivity (Wildman–Crippen MR) is 133 cm³/mol. The molecule has 10 heteroatoms. The summed E-state index contributed by atoms with van der Waals surface area (Å²) >= 11 is 0. The highest BCUT2D eigenvalue weighted by Gasteiger charge is 2.17. The van der Waals surface area contributed by atoms with Gasteiger partial charge in [-0.2, -0.15) is 0 Å². The lowest BCUT2D eigenvalue weighted by Gasteiger charge is -2.27. The van der Waals surface area contributed by atoms with E-state index in [-0.39, 0.29) is 5.56 Å². The molecule has 0 bridgehead atoms. The van der Waals surface area contributed by atoms with Crippen molar-refractivity contribution in [2.24, 2.45) is 0 Å². The number of benzene rings is 1. The summed E-state index contributed by atoms with van der Waals surface area (Å²) in [4.78, 5) is 23.9. The molecule has 3 aromatic heterocycles. The second-order valence-corrected chi connectivity index (χ2v) is 8.06. The van der Waals surface area contributed by atoms with Gasteiger partial charge in [0.2, 0.25) is 0 Å². The van der Waals surface area contributed by atoms with Gasteiger partial charge in [-0.25, -0.2) is 9.97 Å². The van der Waals surface area contributed by atoms with Crippen LogP contribution in [0.25, 0.3) is 5.65 Å². The van der Waals surface area contributed by atoms with Gasteiger partial charge >= 0.3 is 0 Å². The molecule has 1 aromatic carbocycles. The first-order valence-electron chi connectivity index (χ1n) is 11.5. The number of pyridine rings is 2. The molecule has 0 N–H and O–H groups in total. The van der Waals surface area contributed by atoms with E-state index in [1.165, 1.54) is 11.5 Å². The fourth-order valence-corrected chi connectivity index (χ4v) is 3.86. The number of morpholine rings is 1. The number of hydrogen-bond acceptors (Lipinski definition) is 9. The summed E-state index contributed by atoms with van der Waals surface area (Å²) in [5.41, 5.74) is 1.87. The van der Waals surface area contributed by atoms with Gasteiger partial charge < -0.3 is 28.6 Å². The van der Waals surface area contributed by atoms with Gasteiger partial charge in [0.15, 0.2) is 5.75 Å². The summed E-state index contributed by atoms with van der Waals surface area (Å²) in [6, 6.07) is 12.7. The van der Waals surface area contributed by atoms with E-state index in [4.69, 9.17) is 23.7 Å². The molecule has 0 amide bonds. The minimum atomic E-state index is -0.162. The molecule has 0 atom stereocenters. The smallest absolute Gasteiger partial charge is 0.281 e. The first kappa shape index (κ1) is 23.4. The van der Waals surface area contributed by atoms with Crippen LogP contribution in [0.3, 0.4) is 0 Å². The van der Waals surface area contributed by atoms with Crippen molar-refractivity contribution in [2.75, 3.05) is 45.4 Å². The number of nitrogens with zero attached hydrogens (tertiary/aromatic N) is 4. The van der Waals surface area contributed by atoms with Gasteiger partial charge in [-0.3, -0.25) is 9.20 Å². The number of anilines is 1. The number of fused-ring (bicyclic) bond motifs is 1. The standard InChI is InChI=1S/C26H26N4O6/c1-32-19-5-3-18(4-6-19)17-35-25-23(33-2)13-21(14-28-25)36-20-7-8-24-27-15-22(26(31)30(24)16-20)29-9-11-34-12-10-29/h3-8,13-16H,9-12,17H2,1-2H3. The Morgan fingerprint density at radius 1 is 0.917 bits per heavy atom. The van der Waals surface area contributed by atoms with E-state index >= 15 is 0 Å². The van der Waals surface area contributed by atoms with E-state index in [0.717, 1.165) is 11.3 Å². The van der Waals surface area contributed by atoms with Crippen molar-refractivity contribution >= 4 is 11.3 Å². The van der Waals surface area contributed by atoms with E-state index in [1.54, 1.807) is 43.9 Å². The Bertz CT molecular complexity index is 1400. The highest BCUT2D eigenvalue weighted by molar-refractivity contribution is 5.51. The topological polar surface area (TPSA) is 96.6 Å². The molecule has 1 aliphatic rings. The van der Waals surface area contributed by atoms with Gasteiger partial charge in [-0.15, -0.1) is 0 Å². The summed E-state index contributed by atoms with van der Waals surface area (Å²) in [6.07, 6.45) is 4.78. The lowest BCUT2D eigenvalue weighted by atomic mass is 10.2. The number of rotatable bonds is 8. The van der Waals surface area contributed by atoms with Gasteiger partial charge in [-0.05, 0) is 29.8 Å². The molecule has 0 unspecified atom stereocenters. The van der Waals surface area contributed by atoms with Crippen LogP contribution >= 0.6 is 0 Å². The van der Waals surface area contributed by atoms with Crippen molar-refractivity contribution in [3.8, 4) is 28.9 Å². The van der Waals surface area contributed by atoms with Gasteiger partial charge in [0, 0.05) is 19.2 Å². The van der Waals surface area contributed by atoms with Crippen LogP contribution in [0.4, 0.5) is 5.69 Å². The maximum Gasteiger partial charge on any atom is 0.281 e. The van der Waals surface area contributed by atoms with Crippen molar-refractivity contribution in [2.45, 2.75) is 6.61 Å². The van der Waals surface area contributed by atoms with Crippen LogP contribution in [-0.4, -0.2) is 54.9 Å². The molecule has 36 heavy (non-hydrogen) atoms. The summed E-state index contributed by atoms with van der Waals surface area (Å²) < 4.78 is 29.3. The Hall–Kier alpha value is -4.31. The average Bonchev–Trinajstić information content (AvgIpc) is 2.93. The van der Waals surface area contributed by atoms with Gasteiger partial charge in [0.1, 0.15) is 35.2 Å².